The quantitative estimate of drug-likeness (QED) is 0.829. The van der Waals surface area contributed by atoms with Crippen molar-refractivity contribution in [1.29, 1.82) is 0 Å². The number of benzene rings is 1. The normalized spacial score (nSPS) is 10.7. The van der Waals surface area contributed by atoms with Crippen molar-refractivity contribution < 1.29 is 18.0 Å². The average molecular weight is 280 g/mol. The Balaban J connectivity index is 2.38. The maximum Gasteiger partial charge on any atom is 0.259 e. The van der Waals surface area contributed by atoms with Gasteiger partial charge >= 0.3 is 0 Å². The van der Waals surface area contributed by atoms with Crippen LogP contribution in [0.15, 0.2) is 16.5 Å². The highest BCUT2D eigenvalue weighted by Crippen LogP contribution is 2.26. The highest BCUT2D eigenvalue weighted by atomic mass is 19.1. The first-order valence-electron chi connectivity index (χ1n) is 5.93. The molecule has 0 atom stereocenters. The minimum Gasteiger partial charge on any atom is -0.466 e. The number of amides is 1. The molecule has 0 saturated heterocycles. The summed E-state index contributed by atoms with van der Waals surface area (Å²) < 4.78 is 31.9. The van der Waals surface area contributed by atoms with E-state index in [2.05, 4.69) is 5.32 Å². The smallest absolute Gasteiger partial charge is 0.259 e. The molecule has 2 rings (SSSR count). The van der Waals surface area contributed by atoms with Crippen LogP contribution in [-0.2, 0) is 0 Å². The third-order valence-electron chi connectivity index (χ3n) is 3.11. The molecule has 3 N–H and O–H groups in total. The van der Waals surface area contributed by atoms with E-state index in [1.807, 2.05) is 0 Å². The van der Waals surface area contributed by atoms with E-state index in [1.54, 1.807) is 20.8 Å². The Hall–Kier alpha value is -2.37. The van der Waals surface area contributed by atoms with Crippen molar-refractivity contribution in [3.63, 3.8) is 0 Å². The van der Waals surface area contributed by atoms with Gasteiger partial charge in [0.2, 0.25) is 0 Å². The lowest BCUT2D eigenvalue weighted by atomic mass is 10.1. The van der Waals surface area contributed by atoms with E-state index in [9.17, 15) is 13.6 Å². The molecule has 6 heteroatoms. The fourth-order valence-corrected chi connectivity index (χ4v) is 2.03. The van der Waals surface area contributed by atoms with Gasteiger partial charge in [0.25, 0.3) is 5.91 Å². The van der Waals surface area contributed by atoms with E-state index in [0.29, 0.717) is 28.7 Å². The Kier molecular flexibility index (Phi) is 3.48. The molecule has 0 spiro atoms. The van der Waals surface area contributed by atoms with Gasteiger partial charge in [-0.15, -0.1) is 0 Å². The number of rotatable bonds is 2. The Morgan fingerprint density at radius 3 is 2.35 bits per heavy atom. The van der Waals surface area contributed by atoms with Gasteiger partial charge in [0.1, 0.15) is 23.0 Å². The molecule has 0 aliphatic heterocycles. The van der Waals surface area contributed by atoms with Crippen molar-refractivity contribution in [3.05, 3.63) is 46.4 Å². The van der Waals surface area contributed by atoms with Crippen molar-refractivity contribution >= 4 is 17.3 Å². The molecule has 1 heterocycles. The summed E-state index contributed by atoms with van der Waals surface area (Å²) in [7, 11) is 0. The van der Waals surface area contributed by atoms with Crippen LogP contribution in [0.25, 0.3) is 0 Å². The molecule has 1 amide bonds. The lowest BCUT2D eigenvalue weighted by Gasteiger charge is -2.09. The Labute approximate surface area is 114 Å². The minimum atomic E-state index is -0.925. The van der Waals surface area contributed by atoms with Crippen LogP contribution >= 0.6 is 0 Å². The van der Waals surface area contributed by atoms with E-state index in [0.717, 1.165) is 6.07 Å². The predicted molar refractivity (Wildman–Crippen MR) is 71.6 cm³/mol. The number of nitrogen functional groups attached to an aromatic ring is 1. The van der Waals surface area contributed by atoms with Gasteiger partial charge in [-0.2, -0.15) is 0 Å². The van der Waals surface area contributed by atoms with E-state index >= 15 is 0 Å². The molecule has 0 aliphatic carbocycles. The number of anilines is 2. The molecule has 1 aromatic heterocycles. The van der Waals surface area contributed by atoms with Crippen LogP contribution in [0.2, 0.25) is 0 Å². The van der Waals surface area contributed by atoms with Crippen molar-refractivity contribution in [3.8, 4) is 0 Å². The van der Waals surface area contributed by atoms with Crippen LogP contribution in [0.4, 0.5) is 20.2 Å². The molecule has 1 aromatic carbocycles. The number of nitrogens with two attached hydrogens (primary N) is 1. The van der Waals surface area contributed by atoms with E-state index in [4.69, 9.17) is 10.2 Å². The summed E-state index contributed by atoms with van der Waals surface area (Å²) in [5.41, 5.74) is 6.09. The van der Waals surface area contributed by atoms with E-state index < -0.39 is 17.5 Å². The fourth-order valence-electron chi connectivity index (χ4n) is 2.03. The standard InChI is InChI=1S/C14H14F2N2O2/c1-6-7(2)20-8(3)12(6)14(19)18-13-10(16)4-9(15)5-11(13)17/h4-5H,17H2,1-3H3,(H,18,19). The summed E-state index contributed by atoms with van der Waals surface area (Å²) in [5.74, 6) is -1.23. The first-order valence-corrected chi connectivity index (χ1v) is 5.93. The zero-order valence-corrected chi connectivity index (χ0v) is 11.3. The van der Waals surface area contributed by atoms with Crippen LogP contribution < -0.4 is 11.1 Å². The number of furan rings is 1. The molecule has 0 fully saturated rings. The number of hydrogen-bond donors (Lipinski definition) is 2. The topological polar surface area (TPSA) is 68.3 Å². The molecule has 0 aliphatic rings. The molecular weight excluding hydrogens is 266 g/mol. The van der Waals surface area contributed by atoms with Crippen molar-refractivity contribution in [1.82, 2.24) is 0 Å². The highest BCUT2D eigenvalue weighted by Gasteiger charge is 2.20. The predicted octanol–water partition coefficient (Wildman–Crippen LogP) is 3.32. The summed E-state index contributed by atoms with van der Waals surface area (Å²) in [6.45, 7) is 5.09. The van der Waals surface area contributed by atoms with Gasteiger partial charge in [-0.3, -0.25) is 4.79 Å². The second-order valence-electron chi connectivity index (χ2n) is 4.52. The van der Waals surface area contributed by atoms with Gasteiger partial charge in [0.15, 0.2) is 5.82 Å². The van der Waals surface area contributed by atoms with Gasteiger partial charge in [0, 0.05) is 11.6 Å². The number of carbonyl (C=O) groups is 1. The summed E-state index contributed by atoms with van der Waals surface area (Å²) in [6.07, 6.45) is 0. The number of carbonyl (C=O) groups excluding carboxylic acids is 1. The van der Waals surface area contributed by atoms with Crippen molar-refractivity contribution in [2.24, 2.45) is 0 Å². The maximum absolute atomic E-state index is 13.6. The summed E-state index contributed by atoms with van der Waals surface area (Å²) in [4.78, 5) is 12.2. The molecule has 4 nitrogen and oxygen atoms in total. The highest BCUT2D eigenvalue weighted by molar-refractivity contribution is 6.07. The summed E-state index contributed by atoms with van der Waals surface area (Å²) in [6, 6.07) is 1.60. The second-order valence-corrected chi connectivity index (χ2v) is 4.52. The van der Waals surface area contributed by atoms with E-state index in [1.165, 1.54) is 0 Å². The molecule has 0 unspecified atom stereocenters. The van der Waals surface area contributed by atoms with Crippen LogP contribution in [0.5, 0.6) is 0 Å². The molecule has 20 heavy (non-hydrogen) atoms. The summed E-state index contributed by atoms with van der Waals surface area (Å²) >= 11 is 0. The monoisotopic (exact) mass is 280 g/mol. The van der Waals surface area contributed by atoms with Gasteiger partial charge in [-0.05, 0) is 26.8 Å². The molecule has 0 saturated carbocycles. The SMILES string of the molecule is Cc1oc(C)c(C(=O)Nc2c(N)cc(F)cc2F)c1C. The van der Waals surface area contributed by atoms with Crippen LogP contribution in [0, 0.1) is 32.4 Å². The molecule has 106 valence electrons. The second kappa shape index (κ2) is 4.96. The number of nitrogens with one attached hydrogen (secondary N) is 1. The zero-order chi connectivity index (χ0) is 15.0. The maximum atomic E-state index is 13.6. The zero-order valence-electron chi connectivity index (χ0n) is 11.3. The van der Waals surface area contributed by atoms with E-state index in [-0.39, 0.29) is 11.4 Å². The summed E-state index contributed by atoms with van der Waals surface area (Å²) in [5, 5.41) is 2.35. The fraction of sp³-hybridized carbons (Fsp3) is 0.214. The first kappa shape index (κ1) is 14.0. The Morgan fingerprint density at radius 2 is 1.85 bits per heavy atom. The third kappa shape index (κ3) is 2.36. The molecule has 0 bridgehead atoms. The van der Waals surface area contributed by atoms with Gasteiger partial charge < -0.3 is 15.5 Å². The Bertz CT molecular complexity index is 670. The average Bonchev–Trinajstić information content (AvgIpc) is 2.58. The minimum absolute atomic E-state index is 0.175. The molecular formula is C14H14F2N2O2. The van der Waals surface area contributed by atoms with Gasteiger partial charge in [0.05, 0.1) is 11.3 Å². The largest absolute Gasteiger partial charge is 0.466 e. The van der Waals surface area contributed by atoms with Crippen LogP contribution in [-0.4, -0.2) is 5.91 Å². The van der Waals surface area contributed by atoms with Crippen molar-refractivity contribution in [2.45, 2.75) is 20.8 Å². The number of aryl methyl sites for hydroxylation is 2. The first-order chi connectivity index (χ1) is 9.31. The van der Waals surface area contributed by atoms with Gasteiger partial charge in [-0.1, -0.05) is 0 Å². The number of halogens is 2. The van der Waals surface area contributed by atoms with Crippen LogP contribution in [0.3, 0.4) is 0 Å². The van der Waals surface area contributed by atoms with Crippen molar-refractivity contribution in [2.75, 3.05) is 11.1 Å². The van der Waals surface area contributed by atoms with Gasteiger partial charge in [-0.25, -0.2) is 8.78 Å². The van der Waals surface area contributed by atoms with Crippen LogP contribution in [0.1, 0.15) is 27.4 Å². The third-order valence-corrected chi connectivity index (χ3v) is 3.11. The lowest BCUT2D eigenvalue weighted by Crippen LogP contribution is -2.16. The number of hydrogen-bond acceptors (Lipinski definition) is 3. The lowest BCUT2D eigenvalue weighted by molar-refractivity contribution is 0.102. The Morgan fingerprint density at radius 1 is 1.20 bits per heavy atom. The molecule has 2 aromatic rings. The molecule has 0 radical (unpaired) electrons.